The lowest BCUT2D eigenvalue weighted by Gasteiger charge is -2.17. The maximum absolute atomic E-state index is 6.13. The highest BCUT2D eigenvalue weighted by Crippen LogP contribution is 2.28. The third-order valence-electron chi connectivity index (χ3n) is 4.80. The maximum Gasteiger partial charge on any atom is 0.234 e. The zero-order valence-corrected chi connectivity index (χ0v) is 16.0. The van der Waals surface area contributed by atoms with Gasteiger partial charge in [0, 0.05) is 0 Å². The Balaban J connectivity index is 1.52. The van der Waals surface area contributed by atoms with Crippen LogP contribution in [0.5, 0.6) is 5.75 Å². The minimum Gasteiger partial charge on any atom is -0.483 e. The van der Waals surface area contributed by atoms with Gasteiger partial charge in [-0.05, 0) is 44.5 Å². The fourth-order valence-electron chi connectivity index (χ4n) is 3.37. The summed E-state index contributed by atoms with van der Waals surface area (Å²) < 4.78 is 8.04. The van der Waals surface area contributed by atoms with Crippen molar-refractivity contribution in [3.63, 3.8) is 0 Å². The monoisotopic (exact) mass is 371 g/mol. The second kappa shape index (κ2) is 8.14. The summed E-state index contributed by atoms with van der Waals surface area (Å²) in [5, 5.41) is 14.5. The molecule has 3 aromatic rings. The molecule has 0 radical (unpaired) electrons. The van der Waals surface area contributed by atoms with E-state index < -0.39 is 0 Å². The molecule has 3 heterocycles. The molecular weight excluding hydrogens is 346 g/mol. The second-order valence-corrected chi connectivity index (χ2v) is 7.76. The molecule has 0 spiro atoms. The first-order valence-corrected chi connectivity index (χ1v) is 10.3. The van der Waals surface area contributed by atoms with Crippen molar-refractivity contribution in [2.24, 2.45) is 0 Å². The predicted octanol–water partition coefficient (Wildman–Crippen LogP) is 4.09. The van der Waals surface area contributed by atoms with Gasteiger partial charge >= 0.3 is 0 Å². The molecule has 138 valence electrons. The molecule has 1 aliphatic rings. The van der Waals surface area contributed by atoms with Crippen LogP contribution in [0.4, 0.5) is 0 Å². The van der Waals surface area contributed by atoms with Crippen LogP contribution in [-0.4, -0.2) is 37.8 Å². The molecule has 4 rings (SSSR count). The van der Waals surface area contributed by atoms with Crippen LogP contribution in [0.1, 0.15) is 56.0 Å². The number of benzene rings is 1. The molecule has 1 aliphatic heterocycles. The van der Waals surface area contributed by atoms with E-state index in [9.17, 15) is 0 Å². The van der Waals surface area contributed by atoms with Crippen LogP contribution in [0.3, 0.4) is 0 Å². The van der Waals surface area contributed by atoms with Crippen molar-refractivity contribution in [3.05, 3.63) is 41.2 Å². The molecule has 0 N–H and O–H groups in total. The summed E-state index contributed by atoms with van der Waals surface area (Å²) in [4.78, 5) is 3.32. The van der Waals surface area contributed by atoms with Crippen molar-refractivity contribution in [1.29, 1.82) is 0 Å². The lowest BCUT2D eigenvalue weighted by Crippen LogP contribution is -2.25. The molecule has 7 heteroatoms. The third kappa shape index (κ3) is 3.88. The van der Waals surface area contributed by atoms with Gasteiger partial charge in [-0.2, -0.15) is 9.61 Å². The summed E-state index contributed by atoms with van der Waals surface area (Å²) >= 11 is 1.57. The summed E-state index contributed by atoms with van der Waals surface area (Å²) in [5.41, 5.74) is 0. The fraction of sp³-hybridized carbons (Fsp3) is 0.526. The number of hydrogen-bond acceptors (Lipinski definition) is 6. The van der Waals surface area contributed by atoms with E-state index in [1.54, 1.807) is 11.3 Å². The van der Waals surface area contributed by atoms with E-state index in [1.165, 1.54) is 25.7 Å². The van der Waals surface area contributed by atoms with Gasteiger partial charge < -0.3 is 4.74 Å². The van der Waals surface area contributed by atoms with Gasteiger partial charge in [0.25, 0.3) is 0 Å². The molecular formula is C19H25N5OS. The lowest BCUT2D eigenvalue weighted by molar-refractivity contribution is 0.199. The Labute approximate surface area is 157 Å². The number of rotatable bonds is 6. The molecule has 6 nitrogen and oxygen atoms in total. The van der Waals surface area contributed by atoms with Crippen LogP contribution in [0.25, 0.3) is 4.96 Å². The Morgan fingerprint density at radius 2 is 1.85 bits per heavy atom. The minimum atomic E-state index is -0.0601. The van der Waals surface area contributed by atoms with Gasteiger partial charge in [-0.15, -0.1) is 10.2 Å². The van der Waals surface area contributed by atoms with E-state index in [-0.39, 0.29) is 6.10 Å². The molecule has 2 aromatic heterocycles. The minimum absolute atomic E-state index is 0.0601. The number of ether oxygens (including phenoxy) is 1. The Kier molecular flexibility index (Phi) is 5.45. The number of likely N-dealkylation sites (tertiary alicyclic amines) is 1. The average molecular weight is 372 g/mol. The van der Waals surface area contributed by atoms with Crippen LogP contribution < -0.4 is 4.74 Å². The molecule has 1 saturated heterocycles. The molecule has 0 amide bonds. The van der Waals surface area contributed by atoms with E-state index in [0.717, 1.165) is 47.6 Å². The number of aromatic nitrogens is 4. The molecule has 1 aromatic carbocycles. The first-order valence-electron chi connectivity index (χ1n) is 9.48. The van der Waals surface area contributed by atoms with Crippen LogP contribution in [-0.2, 0) is 6.54 Å². The lowest BCUT2D eigenvalue weighted by atomic mass is 10.2. The number of hydrogen-bond donors (Lipinski definition) is 0. The van der Waals surface area contributed by atoms with Crippen LogP contribution in [0, 0.1) is 0 Å². The summed E-state index contributed by atoms with van der Waals surface area (Å²) in [7, 11) is 0. The number of nitrogens with zero attached hydrogens (tertiary/aromatic N) is 5. The second-order valence-electron chi connectivity index (χ2n) is 6.77. The Bertz CT molecular complexity index is 823. The predicted molar refractivity (Wildman–Crippen MR) is 103 cm³/mol. The number of para-hydroxylation sites is 1. The Morgan fingerprint density at radius 1 is 1.08 bits per heavy atom. The van der Waals surface area contributed by atoms with E-state index in [1.807, 2.05) is 34.8 Å². The van der Waals surface area contributed by atoms with Crippen molar-refractivity contribution in [1.82, 2.24) is 24.7 Å². The normalized spacial score (nSPS) is 17.3. The van der Waals surface area contributed by atoms with Crippen molar-refractivity contribution < 1.29 is 4.74 Å². The highest BCUT2D eigenvalue weighted by Gasteiger charge is 2.21. The number of fused-ring (bicyclic) bond motifs is 1. The van der Waals surface area contributed by atoms with Crippen molar-refractivity contribution in [2.75, 3.05) is 13.1 Å². The van der Waals surface area contributed by atoms with Gasteiger partial charge in [0.05, 0.1) is 6.54 Å². The van der Waals surface area contributed by atoms with Gasteiger partial charge in [0.15, 0.2) is 16.9 Å². The Hall–Kier alpha value is -1.99. The first kappa shape index (κ1) is 17.4. The van der Waals surface area contributed by atoms with E-state index in [4.69, 9.17) is 9.84 Å². The molecule has 0 saturated carbocycles. The van der Waals surface area contributed by atoms with E-state index in [0.29, 0.717) is 0 Å². The highest BCUT2D eigenvalue weighted by atomic mass is 32.1. The average Bonchev–Trinajstić information content (AvgIpc) is 3.14. The zero-order chi connectivity index (χ0) is 17.8. The van der Waals surface area contributed by atoms with Gasteiger partial charge in [-0.25, -0.2) is 0 Å². The summed E-state index contributed by atoms with van der Waals surface area (Å²) in [5.74, 6) is 1.80. The molecule has 26 heavy (non-hydrogen) atoms. The zero-order valence-electron chi connectivity index (χ0n) is 15.2. The summed E-state index contributed by atoms with van der Waals surface area (Å²) in [6, 6.07) is 9.92. The van der Waals surface area contributed by atoms with Crippen molar-refractivity contribution >= 4 is 16.3 Å². The van der Waals surface area contributed by atoms with Crippen LogP contribution in [0.15, 0.2) is 30.3 Å². The molecule has 0 unspecified atom stereocenters. The summed E-state index contributed by atoms with van der Waals surface area (Å²) in [6.45, 7) is 5.22. The van der Waals surface area contributed by atoms with E-state index in [2.05, 4.69) is 22.0 Å². The SMILES string of the molecule is CC[C@@H](Oc1ccccc1)c1nn2c(CN3CCCCCC3)nnc2s1. The van der Waals surface area contributed by atoms with Gasteiger partial charge in [0.2, 0.25) is 4.96 Å². The highest BCUT2D eigenvalue weighted by molar-refractivity contribution is 7.16. The largest absolute Gasteiger partial charge is 0.483 e. The van der Waals surface area contributed by atoms with Gasteiger partial charge in [-0.1, -0.05) is 49.3 Å². The molecule has 0 bridgehead atoms. The first-order chi connectivity index (χ1) is 12.8. The Morgan fingerprint density at radius 3 is 2.58 bits per heavy atom. The van der Waals surface area contributed by atoms with Crippen molar-refractivity contribution in [3.8, 4) is 5.75 Å². The van der Waals surface area contributed by atoms with Crippen molar-refractivity contribution in [2.45, 2.75) is 51.7 Å². The van der Waals surface area contributed by atoms with E-state index >= 15 is 0 Å². The third-order valence-corrected chi connectivity index (χ3v) is 5.79. The quantitative estimate of drug-likeness (QED) is 0.653. The smallest absolute Gasteiger partial charge is 0.234 e. The maximum atomic E-state index is 6.13. The standard InChI is InChI=1S/C19H25N5OS/c1-2-16(25-15-10-6-5-7-11-15)18-22-24-17(20-21-19(24)26-18)14-23-12-8-3-4-9-13-23/h5-7,10-11,16H,2-4,8-9,12-14H2,1H3/t16-/m1/s1. The van der Waals surface area contributed by atoms with Gasteiger partial charge in [-0.3, -0.25) is 4.90 Å². The fourth-order valence-corrected chi connectivity index (χ4v) is 4.34. The molecule has 0 aliphatic carbocycles. The van der Waals surface area contributed by atoms with Crippen LogP contribution >= 0.6 is 11.3 Å². The molecule has 1 fully saturated rings. The molecule has 1 atom stereocenters. The topological polar surface area (TPSA) is 55.6 Å². The van der Waals surface area contributed by atoms with Crippen LogP contribution in [0.2, 0.25) is 0 Å². The van der Waals surface area contributed by atoms with Gasteiger partial charge in [0.1, 0.15) is 5.75 Å². The summed E-state index contributed by atoms with van der Waals surface area (Å²) in [6.07, 6.45) is 6.01.